The summed E-state index contributed by atoms with van der Waals surface area (Å²) in [7, 11) is 0. The maximum absolute atomic E-state index is 5.67. The maximum Gasteiger partial charge on any atom is 0.161 e. The van der Waals surface area contributed by atoms with Crippen molar-refractivity contribution in [3.05, 3.63) is 23.8 Å². The molecule has 0 heterocycles. The van der Waals surface area contributed by atoms with E-state index in [1.807, 2.05) is 19.9 Å². The lowest BCUT2D eigenvalue weighted by Gasteiger charge is -2.30. The number of ether oxygens (including phenoxy) is 2. The molecule has 1 aromatic rings. The summed E-state index contributed by atoms with van der Waals surface area (Å²) < 4.78 is 11.3. The number of alkyl halides is 1. The second-order valence-electron chi connectivity index (χ2n) is 4.66. The van der Waals surface area contributed by atoms with Gasteiger partial charge in [-0.2, -0.15) is 0 Å². The Kier molecular flexibility index (Phi) is 4.93. The van der Waals surface area contributed by atoms with Crippen molar-refractivity contribution in [2.45, 2.75) is 37.9 Å². The van der Waals surface area contributed by atoms with Gasteiger partial charge in [-0.15, -0.1) is 0 Å². The van der Waals surface area contributed by atoms with Crippen LogP contribution in [0, 0.1) is 5.92 Å². The van der Waals surface area contributed by atoms with E-state index >= 15 is 0 Å². The molecule has 1 aliphatic carbocycles. The van der Waals surface area contributed by atoms with Crippen molar-refractivity contribution in [3.63, 3.8) is 0 Å². The SMILES string of the molecule is CCOc1ccc(C(Br)C2CCC2)cc1OCC. The minimum atomic E-state index is 0.445. The molecule has 0 saturated heterocycles. The molecule has 1 aromatic carbocycles. The van der Waals surface area contributed by atoms with Crippen molar-refractivity contribution >= 4 is 15.9 Å². The quantitative estimate of drug-likeness (QED) is 0.708. The minimum absolute atomic E-state index is 0.445. The average Bonchev–Trinajstić information content (AvgIpc) is 2.29. The number of benzene rings is 1. The Morgan fingerprint density at radius 1 is 1.17 bits per heavy atom. The van der Waals surface area contributed by atoms with E-state index < -0.39 is 0 Å². The van der Waals surface area contributed by atoms with Crippen LogP contribution in [0.3, 0.4) is 0 Å². The van der Waals surface area contributed by atoms with Crippen LogP contribution in [0.2, 0.25) is 0 Å². The van der Waals surface area contributed by atoms with Crippen molar-refractivity contribution in [2.24, 2.45) is 5.92 Å². The Morgan fingerprint density at radius 2 is 1.83 bits per heavy atom. The van der Waals surface area contributed by atoms with Crippen LogP contribution in [-0.4, -0.2) is 13.2 Å². The molecule has 0 aliphatic heterocycles. The van der Waals surface area contributed by atoms with E-state index in [0.717, 1.165) is 17.4 Å². The van der Waals surface area contributed by atoms with Gasteiger partial charge in [-0.3, -0.25) is 0 Å². The van der Waals surface area contributed by atoms with Gasteiger partial charge in [0.25, 0.3) is 0 Å². The van der Waals surface area contributed by atoms with Gasteiger partial charge < -0.3 is 9.47 Å². The highest BCUT2D eigenvalue weighted by molar-refractivity contribution is 9.09. The lowest BCUT2D eigenvalue weighted by atomic mass is 9.81. The van der Waals surface area contributed by atoms with Crippen molar-refractivity contribution in [2.75, 3.05) is 13.2 Å². The molecule has 0 bridgehead atoms. The van der Waals surface area contributed by atoms with Crippen molar-refractivity contribution < 1.29 is 9.47 Å². The van der Waals surface area contributed by atoms with Gasteiger partial charge in [-0.1, -0.05) is 28.4 Å². The third-order valence-corrected chi connectivity index (χ3v) is 4.73. The summed E-state index contributed by atoms with van der Waals surface area (Å²) in [6.07, 6.45) is 4.02. The van der Waals surface area contributed by atoms with Gasteiger partial charge in [0, 0.05) is 4.83 Å². The molecular weight excluding hydrogens is 292 g/mol. The van der Waals surface area contributed by atoms with Crippen molar-refractivity contribution in [1.29, 1.82) is 0 Å². The molecule has 0 spiro atoms. The summed E-state index contributed by atoms with van der Waals surface area (Å²) in [6.45, 7) is 5.32. The van der Waals surface area contributed by atoms with E-state index in [4.69, 9.17) is 9.47 Å². The standard InChI is InChI=1S/C15H21BrO2/c1-3-17-13-9-8-12(10-14(13)18-4-2)15(16)11-6-5-7-11/h8-11,15H,3-7H2,1-2H3. The predicted molar refractivity (Wildman–Crippen MR) is 77.8 cm³/mol. The Morgan fingerprint density at radius 3 is 2.39 bits per heavy atom. The van der Waals surface area contributed by atoms with Crippen LogP contribution < -0.4 is 9.47 Å². The van der Waals surface area contributed by atoms with Crippen LogP contribution in [0.5, 0.6) is 11.5 Å². The van der Waals surface area contributed by atoms with E-state index in [1.54, 1.807) is 0 Å². The van der Waals surface area contributed by atoms with E-state index in [2.05, 4.69) is 28.1 Å². The van der Waals surface area contributed by atoms with Gasteiger partial charge in [0.1, 0.15) is 0 Å². The smallest absolute Gasteiger partial charge is 0.161 e. The zero-order chi connectivity index (χ0) is 13.0. The third-order valence-electron chi connectivity index (χ3n) is 3.45. The van der Waals surface area contributed by atoms with Crippen LogP contribution in [0.4, 0.5) is 0 Å². The number of hydrogen-bond acceptors (Lipinski definition) is 2. The van der Waals surface area contributed by atoms with E-state index in [-0.39, 0.29) is 0 Å². The molecular formula is C15H21BrO2. The Hall–Kier alpha value is -0.700. The molecule has 1 saturated carbocycles. The Labute approximate surface area is 118 Å². The topological polar surface area (TPSA) is 18.5 Å². The van der Waals surface area contributed by atoms with Crippen LogP contribution in [-0.2, 0) is 0 Å². The monoisotopic (exact) mass is 312 g/mol. The summed E-state index contributed by atoms with van der Waals surface area (Å²) in [5.74, 6) is 2.48. The molecule has 0 radical (unpaired) electrons. The van der Waals surface area contributed by atoms with Crippen LogP contribution in [0.25, 0.3) is 0 Å². The summed E-state index contributed by atoms with van der Waals surface area (Å²) >= 11 is 3.82. The fourth-order valence-corrected chi connectivity index (χ4v) is 3.06. The molecule has 1 aliphatic rings. The van der Waals surface area contributed by atoms with Gasteiger partial charge in [0.2, 0.25) is 0 Å². The lowest BCUT2D eigenvalue weighted by molar-refractivity contribution is 0.285. The average molecular weight is 313 g/mol. The molecule has 2 rings (SSSR count). The van der Waals surface area contributed by atoms with Crippen LogP contribution >= 0.6 is 15.9 Å². The zero-order valence-corrected chi connectivity index (χ0v) is 12.7. The number of halogens is 1. The molecule has 2 nitrogen and oxygen atoms in total. The van der Waals surface area contributed by atoms with Crippen LogP contribution in [0.1, 0.15) is 43.5 Å². The second-order valence-corrected chi connectivity index (χ2v) is 5.65. The number of hydrogen-bond donors (Lipinski definition) is 0. The summed E-state index contributed by atoms with van der Waals surface area (Å²) in [6, 6.07) is 6.29. The minimum Gasteiger partial charge on any atom is -0.490 e. The first-order valence-electron chi connectivity index (χ1n) is 6.79. The van der Waals surface area contributed by atoms with E-state index in [1.165, 1.54) is 24.8 Å². The van der Waals surface area contributed by atoms with Crippen LogP contribution in [0.15, 0.2) is 18.2 Å². The van der Waals surface area contributed by atoms with Gasteiger partial charge in [0.05, 0.1) is 13.2 Å². The summed E-state index contributed by atoms with van der Waals surface area (Å²) in [5.41, 5.74) is 1.30. The highest BCUT2D eigenvalue weighted by Crippen LogP contribution is 2.44. The Balaban J connectivity index is 2.18. The summed E-state index contributed by atoms with van der Waals surface area (Å²) in [5, 5.41) is 0. The summed E-state index contributed by atoms with van der Waals surface area (Å²) in [4.78, 5) is 0.445. The van der Waals surface area contributed by atoms with E-state index in [9.17, 15) is 0 Å². The fourth-order valence-electron chi connectivity index (χ4n) is 2.24. The molecule has 0 N–H and O–H groups in total. The van der Waals surface area contributed by atoms with Crippen molar-refractivity contribution in [1.82, 2.24) is 0 Å². The highest BCUT2D eigenvalue weighted by atomic mass is 79.9. The molecule has 0 aromatic heterocycles. The Bertz CT molecular complexity index is 388. The van der Waals surface area contributed by atoms with Gasteiger partial charge in [0.15, 0.2) is 11.5 Å². The molecule has 0 amide bonds. The number of rotatable bonds is 6. The fraction of sp³-hybridized carbons (Fsp3) is 0.600. The zero-order valence-electron chi connectivity index (χ0n) is 11.1. The maximum atomic E-state index is 5.67. The van der Waals surface area contributed by atoms with Gasteiger partial charge >= 0.3 is 0 Å². The van der Waals surface area contributed by atoms with Crippen molar-refractivity contribution in [3.8, 4) is 11.5 Å². The first-order valence-corrected chi connectivity index (χ1v) is 7.71. The predicted octanol–water partition coefficient (Wildman–Crippen LogP) is 4.72. The third kappa shape index (κ3) is 3.00. The van der Waals surface area contributed by atoms with Gasteiger partial charge in [-0.05, 0) is 50.3 Å². The normalized spacial score (nSPS) is 17.1. The molecule has 100 valence electrons. The molecule has 1 fully saturated rings. The largest absolute Gasteiger partial charge is 0.490 e. The first-order chi connectivity index (χ1) is 8.76. The molecule has 1 unspecified atom stereocenters. The first kappa shape index (κ1) is 13.7. The molecule has 3 heteroatoms. The lowest BCUT2D eigenvalue weighted by Crippen LogP contribution is -2.16. The molecule has 18 heavy (non-hydrogen) atoms. The van der Waals surface area contributed by atoms with E-state index in [0.29, 0.717) is 18.0 Å². The molecule has 1 atom stereocenters. The van der Waals surface area contributed by atoms with Gasteiger partial charge in [-0.25, -0.2) is 0 Å². The highest BCUT2D eigenvalue weighted by Gasteiger charge is 2.27. The second kappa shape index (κ2) is 6.46.